The van der Waals surface area contributed by atoms with Crippen molar-refractivity contribution in [2.24, 2.45) is 0 Å². The lowest BCUT2D eigenvalue weighted by Gasteiger charge is -2.27. The van der Waals surface area contributed by atoms with E-state index in [1.807, 2.05) is 13.1 Å². The molecule has 19 heavy (non-hydrogen) atoms. The first kappa shape index (κ1) is 12.6. The first-order chi connectivity index (χ1) is 9.08. The minimum atomic E-state index is -0.564. The van der Waals surface area contributed by atoms with E-state index in [1.54, 1.807) is 6.07 Å². The van der Waals surface area contributed by atoms with Gasteiger partial charge in [0.05, 0.1) is 29.6 Å². The van der Waals surface area contributed by atoms with Crippen molar-refractivity contribution in [1.82, 2.24) is 0 Å². The molecule has 0 bridgehead atoms. The van der Waals surface area contributed by atoms with Gasteiger partial charge in [0.15, 0.2) is 0 Å². The number of carbonyl (C=O) groups is 2. The van der Waals surface area contributed by atoms with E-state index >= 15 is 0 Å². The molecular formula is C13H13BrN2O3. The van der Waals surface area contributed by atoms with E-state index in [1.165, 1.54) is 0 Å². The minimum absolute atomic E-state index is 0.321. The molecule has 0 aliphatic carbocycles. The highest BCUT2D eigenvalue weighted by atomic mass is 79.9. The highest BCUT2D eigenvalue weighted by molar-refractivity contribution is 9.10. The number of benzene rings is 1. The summed E-state index contributed by atoms with van der Waals surface area (Å²) in [4.78, 5) is 25.1. The normalized spacial score (nSPS) is 21.5. The average molecular weight is 325 g/mol. The van der Waals surface area contributed by atoms with Crippen LogP contribution in [0.4, 0.5) is 11.4 Å². The van der Waals surface area contributed by atoms with Crippen LogP contribution in [0.15, 0.2) is 16.6 Å². The Hall–Kier alpha value is -1.40. The number of fused-ring (bicyclic) bond motifs is 1. The zero-order valence-corrected chi connectivity index (χ0v) is 12.0. The van der Waals surface area contributed by atoms with Crippen LogP contribution in [-0.4, -0.2) is 38.0 Å². The third-order valence-electron chi connectivity index (χ3n) is 3.62. The number of Topliss-reactive ketones (excluding diaryl/α,β-unsaturated/α-hetero) is 1. The molecule has 0 saturated carbocycles. The fourth-order valence-electron chi connectivity index (χ4n) is 2.45. The summed E-state index contributed by atoms with van der Waals surface area (Å²) in [6, 6.07) is 3.86. The molecule has 1 atom stereocenters. The fraction of sp³-hybridized carbons (Fsp3) is 0.385. The molecular weight excluding hydrogens is 312 g/mol. The van der Waals surface area contributed by atoms with Gasteiger partial charge in [-0.15, -0.1) is 0 Å². The summed E-state index contributed by atoms with van der Waals surface area (Å²) in [5.74, 6) is -1.04. The molecule has 0 spiro atoms. The molecule has 1 N–H and O–H groups in total. The predicted octanol–water partition coefficient (Wildman–Crippen LogP) is 1.81. The van der Waals surface area contributed by atoms with Crippen molar-refractivity contribution in [3.8, 4) is 0 Å². The van der Waals surface area contributed by atoms with Gasteiger partial charge in [-0.3, -0.25) is 9.59 Å². The number of rotatable bonds is 2. The van der Waals surface area contributed by atoms with E-state index in [-0.39, 0.29) is 0 Å². The van der Waals surface area contributed by atoms with E-state index in [4.69, 9.17) is 4.74 Å². The molecule has 2 aliphatic rings. The number of nitrogens with one attached hydrogen (secondary N) is 1. The largest absolute Gasteiger partial charge is 0.379 e. The molecule has 100 valence electrons. The summed E-state index contributed by atoms with van der Waals surface area (Å²) in [6.07, 6.45) is 0.977. The molecule has 2 heterocycles. The Bertz CT molecular complexity index is 567. The fourth-order valence-corrected chi connectivity index (χ4v) is 3.07. The van der Waals surface area contributed by atoms with Crippen LogP contribution in [0.1, 0.15) is 16.8 Å². The van der Waals surface area contributed by atoms with Crippen LogP contribution in [0.5, 0.6) is 0 Å². The summed E-state index contributed by atoms with van der Waals surface area (Å²) in [5, 5.41) is 2.59. The van der Waals surface area contributed by atoms with E-state index in [0.717, 1.165) is 23.2 Å². The van der Waals surface area contributed by atoms with Crippen LogP contribution >= 0.6 is 15.9 Å². The van der Waals surface area contributed by atoms with Crippen LogP contribution in [0.3, 0.4) is 0 Å². The van der Waals surface area contributed by atoms with E-state index in [2.05, 4.69) is 26.1 Å². The van der Waals surface area contributed by atoms with E-state index in [9.17, 15) is 9.59 Å². The molecule has 5 nitrogen and oxygen atoms in total. The summed E-state index contributed by atoms with van der Waals surface area (Å²) in [5.41, 5.74) is 1.96. The van der Waals surface area contributed by atoms with Crippen molar-refractivity contribution in [2.75, 3.05) is 30.5 Å². The van der Waals surface area contributed by atoms with Gasteiger partial charge in [-0.25, -0.2) is 0 Å². The smallest absolute Gasteiger partial charge is 0.296 e. The lowest BCUT2D eigenvalue weighted by Crippen LogP contribution is -2.32. The molecule has 1 fully saturated rings. The number of amides is 1. The van der Waals surface area contributed by atoms with Crippen molar-refractivity contribution in [3.63, 3.8) is 0 Å². The highest BCUT2D eigenvalue weighted by Gasteiger charge is 2.30. The third kappa shape index (κ3) is 2.04. The van der Waals surface area contributed by atoms with Gasteiger partial charge in [0, 0.05) is 18.1 Å². The van der Waals surface area contributed by atoms with Crippen molar-refractivity contribution in [2.45, 2.75) is 12.5 Å². The summed E-state index contributed by atoms with van der Waals surface area (Å²) >= 11 is 3.47. The molecule has 1 aromatic carbocycles. The van der Waals surface area contributed by atoms with Gasteiger partial charge in [-0.2, -0.15) is 0 Å². The maximum absolute atomic E-state index is 11.6. The molecule has 1 saturated heterocycles. The van der Waals surface area contributed by atoms with Gasteiger partial charge < -0.3 is 15.0 Å². The number of anilines is 2. The van der Waals surface area contributed by atoms with Crippen molar-refractivity contribution in [3.05, 3.63) is 22.2 Å². The highest BCUT2D eigenvalue weighted by Crippen LogP contribution is 2.36. The van der Waals surface area contributed by atoms with Crippen molar-refractivity contribution < 1.29 is 14.3 Å². The lowest BCUT2D eigenvalue weighted by molar-refractivity contribution is -0.112. The summed E-state index contributed by atoms with van der Waals surface area (Å²) in [6.45, 7) is 1.47. The summed E-state index contributed by atoms with van der Waals surface area (Å²) < 4.78 is 6.20. The maximum Gasteiger partial charge on any atom is 0.296 e. The van der Waals surface area contributed by atoms with Gasteiger partial charge in [-0.1, -0.05) is 0 Å². The number of ketones is 1. The molecule has 6 heteroatoms. The van der Waals surface area contributed by atoms with Gasteiger partial charge >= 0.3 is 0 Å². The molecule has 2 aliphatic heterocycles. The number of hydrogen-bond acceptors (Lipinski definition) is 4. The number of hydrogen-bond donors (Lipinski definition) is 1. The Labute approximate surface area is 119 Å². The third-order valence-corrected chi connectivity index (χ3v) is 4.25. The molecule has 1 aromatic rings. The minimum Gasteiger partial charge on any atom is -0.379 e. The number of ether oxygens (including phenoxy) is 1. The second-order valence-electron chi connectivity index (χ2n) is 4.76. The van der Waals surface area contributed by atoms with E-state index in [0.29, 0.717) is 23.9 Å². The Morgan fingerprint density at radius 3 is 2.89 bits per heavy atom. The van der Waals surface area contributed by atoms with Crippen LogP contribution < -0.4 is 10.2 Å². The van der Waals surface area contributed by atoms with E-state index < -0.39 is 11.7 Å². The molecule has 3 rings (SSSR count). The Balaban J connectivity index is 1.97. The maximum atomic E-state index is 11.6. The first-order valence-corrected chi connectivity index (χ1v) is 6.87. The van der Waals surface area contributed by atoms with Gasteiger partial charge in [0.2, 0.25) is 0 Å². The summed E-state index contributed by atoms with van der Waals surface area (Å²) in [7, 11) is 1.99. The zero-order valence-electron chi connectivity index (χ0n) is 10.4. The Kier molecular flexibility index (Phi) is 3.06. The Morgan fingerprint density at radius 2 is 2.21 bits per heavy atom. The molecule has 0 aromatic heterocycles. The second-order valence-corrected chi connectivity index (χ2v) is 5.62. The number of likely N-dealkylation sites (N-methyl/N-ethyl adjacent to an activating group) is 1. The standard InChI is InChI=1S/C13H13BrN2O3/c1-16(7-2-3-19-6-7)11-5-10-8(4-9(11)14)12(17)13(18)15-10/h4-5,7H,2-3,6H2,1H3,(H,15,17,18). The Morgan fingerprint density at radius 1 is 1.42 bits per heavy atom. The zero-order chi connectivity index (χ0) is 13.6. The number of nitrogens with zero attached hydrogens (tertiary/aromatic N) is 1. The van der Waals surface area contributed by atoms with Gasteiger partial charge in [0.1, 0.15) is 0 Å². The van der Waals surface area contributed by atoms with Crippen LogP contribution in [0.25, 0.3) is 0 Å². The average Bonchev–Trinajstić information content (AvgIpc) is 3.00. The van der Waals surface area contributed by atoms with Crippen molar-refractivity contribution in [1.29, 1.82) is 0 Å². The monoisotopic (exact) mass is 324 g/mol. The number of halogens is 1. The SMILES string of the molecule is CN(c1cc2c(cc1Br)C(=O)C(=O)N2)C1CCOC1. The quantitative estimate of drug-likeness (QED) is 0.843. The molecule has 0 radical (unpaired) electrons. The van der Waals surface area contributed by atoms with Crippen LogP contribution in [0, 0.1) is 0 Å². The molecule has 1 amide bonds. The van der Waals surface area contributed by atoms with Crippen molar-refractivity contribution >= 4 is 39.0 Å². The topological polar surface area (TPSA) is 58.6 Å². The molecule has 1 unspecified atom stereocenters. The van der Waals surface area contributed by atoms with Gasteiger partial charge in [0.25, 0.3) is 11.7 Å². The predicted molar refractivity (Wildman–Crippen MR) is 74.7 cm³/mol. The first-order valence-electron chi connectivity index (χ1n) is 6.07. The lowest BCUT2D eigenvalue weighted by atomic mass is 10.1. The number of carbonyl (C=O) groups excluding carboxylic acids is 2. The van der Waals surface area contributed by atoms with Gasteiger partial charge in [-0.05, 0) is 34.5 Å². The van der Waals surface area contributed by atoms with Crippen LogP contribution in [-0.2, 0) is 9.53 Å². The second kappa shape index (κ2) is 4.61. The van der Waals surface area contributed by atoms with Crippen LogP contribution in [0.2, 0.25) is 0 Å².